The van der Waals surface area contributed by atoms with E-state index in [0.717, 1.165) is 18.4 Å². The molecule has 106 valence electrons. The first-order chi connectivity index (χ1) is 9.16. The highest BCUT2D eigenvalue weighted by atomic mass is 35.5. The van der Waals surface area contributed by atoms with E-state index in [2.05, 4.69) is 0 Å². The first kappa shape index (κ1) is 14.8. The van der Waals surface area contributed by atoms with Crippen molar-refractivity contribution in [3.8, 4) is 0 Å². The minimum atomic E-state index is -0.360. The molecule has 1 aromatic rings. The summed E-state index contributed by atoms with van der Waals surface area (Å²) < 4.78 is 13.0. The van der Waals surface area contributed by atoms with Gasteiger partial charge in [0.05, 0.1) is 6.10 Å². The fourth-order valence-electron chi connectivity index (χ4n) is 2.95. The zero-order valence-electron chi connectivity index (χ0n) is 11.2. The number of hydrogen-bond acceptors (Lipinski definition) is 1. The largest absolute Gasteiger partial charge is 0.392 e. The van der Waals surface area contributed by atoms with E-state index < -0.39 is 0 Å². The van der Waals surface area contributed by atoms with E-state index in [9.17, 15) is 9.50 Å². The fraction of sp³-hybridized carbons (Fsp3) is 0.625. The second-order valence-corrected chi connectivity index (χ2v) is 6.02. The van der Waals surface area contributed by atoms with Crippen LogP contribution >= 0.6 is 11.6 Å². The van der Waals surface area contributed by atoms with Crippen LogP contribution in [0.2, 0.25) is 5.02 Å². The molecule has 0 amide bonds. The van der Waals surface area contributed by atoms with E-state index in [1.165, 1.54) is 44.2 Å². The van der Waals surface area contributed by atoms with Crippen LogP contribution in [0.15, 0.2) is 18.2 Å². The Balaban J connectivity index is 1.96. The average molecular weight is 285 g/mol. The number of aliphatic hydroxyl groups is 1. The quantitative estimate of drug-likeness (QED) is 0.850. The third kappa shape index (κ3) is 4.47. The van der Waals surface area contributed by atoms with Crippen LogP contribution < -0.4 is 0 Å². The highest BCUT2D eigenvalue weighted by Crippen LogP contribution is 2.28. The third-order valence-corrected chi connectivity index (χ3v) is 4.49. The number of benzene rings is 1. The molecule has 0 spiro atoms. The van der Waals surface area contributed by atoms with Gasteiger partial charge < -0.3 is 5.11 Å². The molecule has 0 aromatic heterocycles. The van der Waals surface area contributed by atoms with Crippen LogP contribution in [0.25, 0.3) is 0 Å². The van der Waals surface area contributed by atoms with Gasteiger partial charge >= 0.3 is 0 Å². The van der Waals surface area contributed by atoms with Crippen LogP contribution in [-0.2, 0) is 6.42 Å². The van der Waals surface area contributed by atoms with Crippen molar-refractivity contribution in [3.05, 3.63) is 34.6 Å². The van der Waals surface area contributed by atoms with Gasteiger partial charge in [0.15, 0.2) is 0 Å². The second kappa shape index (κ2) is 7.25. The molecule has 3 heteroatoms. The molecular formula is C16H22ClFO. The lowest BCUT2D eigenvalue weighted by Crippen LogP contribution is -2.24. The van der Waals surface area contributed by atoms with E-state index in [4.69, 9.17) is 11.6 Å². The number of aliphatic hydroxyl groups excluding tert-OH is 1. The molecule has 1 aliphatic carbocycles. The zero-order chi connectivity index (χ0) is 13.7. The normalized spacial score (nSPS) is 19.7. The molecule has 1 saturated carbocycles. The van der Waals surface area contributed by atoms with Crippen LogP contribution in [0.4, 0.5) is 4.39 Å². The molecule has 1 N–H and O–H groups in total. The molecule has 0 bridgehead atoms. The van der Waals surface area contributed by atoms with E-state index in [-0.39, 0.29) is 11.9 Å². The lowest BCUT2D eigenvalue weighted by atomic mass is 9.85. The van der Waals surface area contributed by atoms with Crippen molar-refractivity contribution in [1.29, 1.82) is 0 Å². The molecule has 2 rings (SSSR count). The molecule has 1 unspecified atom stereocenters. The first-order valence-electron chi connectivity index (χ1n) is 7.29. The second-order valence-electron chi connectivity index (χ2n) is 5.61. The highest BCUT2D eigenvalue weighted by Gasteiger charge is 2.21. The Kier molecular flexibility index (Phi) is 5.65. The lowest BCUT2D eigenvalue weighted by Gasteiger charge is -2.25. The Labute approximate surface area is 119 Å². The van der Waals surface area contributed by atoms with Gasteiger partial charge in [-0.2, -0.15) is 0 Å². The van der Waals surface area contributed by atoms with E-state index >= 15 is 0 Å². The molecule has 1 nitrogen and oxygen atoms in total. The van der Waals surface area contributed by atoms with Crippen molar-refractivity contribution >= 4 is 11.6 Å². The van der Waals surface area contributed by atoms with Crippen LogP contribution in [0.1, 0.15) is 50.5 Å². The van der Waals surface area contributed by atoms with Crippen molar-refractivity contribution in [2.45, 2.75) is 57.5 Å². The lowest BCUT2D eigenvalue weighted by molar-refractivity contribution is 0.0913. The average Bonchev–Trinajstić information content (AvgIpc) is 2.32. The Morgan fingerprint density at radius 1 is 1.16 bits per heavy atom. The molecule has 1 aromatic carbocycles. The van der Waals surface area contributed by atoms with Gasteiger partial charge in [0.2, 0.25) is 0 Å². The Morgan fingerprint density at radius 2 is 1.79 bits per heavy atom. The van der Waals surface area contributed by atoms with Crippen LogP contribution in [0.3, 0.4) is 0 Å². The summed E-state index contributed by atoms with van der Waals surface area (Å²) in [6.45, 7) is 0. The summed E-state index contributed by atoms with van der Waals surface area (Å²) in [7, 11) is 0. The van der Waals surface area contributed by atoms with Crippen molar-refractivity contribution < 1.29 is 9.50 Å². The van der Waals surface area contributed by atoms with Crippen LogP contribution in [-0.4, -0.2) is 11.2 Å². The van der Waals surface area contributed by atoms with Gasteiger partial charge in [-0.15, -0.1) is 0 Å². The molecule has 0 radical (unpaired) electrons. The van der Waals surface area contributed by atoms with Gasteiger partial charge in [0.25, 0.3) is 0 Å². The molecule has 1 fully saturated rings. The molecule has 0 aliphatic heterocycles. The molecule has 0 heterocycles. The van der Waals surface area contributed by atoms with Crippen LogP contribution in [0.5, 0.6) is 0 Å². The fourth-order valence-corrected chi connectivity index (χ4v) is 3.20. The van der Waals surface area contributed by atoms with Gasteiger partial charge in [0, 0.05) is 11.4 Å². The van der Waals surface area contributed by atoms with Gasteiger partial charge in [-0.1, -0.05) is 49.8 Å². The summed E-state index contributed by atoms with van der Waals surface area (Å²) in [4.78, 5) is 0. The maximum atomic E-state index is 13.0. The molecule has 0 saturated heterocycles. The van der Waals surface area contributed by atoms with Gasteiger partial charge in [0.1, 0.15) is 5.82 Å². The van der Waals surface area contributed by atoms with E-state index in [1.807, 2.05) is 0 Å². The highest BCUT2D eigenvalue weighted by molar-refractivity contribution is 6.31. The van der Waals surface area contributed by atoms with E-state index in [0.29, 0.717) is 17.4 Å². The molecule has 1 atom stereocenters. The Morgan fingerprint density at radius 3 is 2.42 bits per heavy atom. The maximum absolute atomic E-state index is 13.0. The topological polar surface area (TPSA) is 20.2 Å². The summed E-state index contributed by atoms with van der Waals surface area (Å²) >= 11 is 6.02. The number of rotatable bonds is 3. The summed E-state index contributed by atoms with van der Waals surface area (Å²) in [6.07, 6.45) is 8.66. The first-order valence-corrected chi connectivity index (χ1v) is 7.66. The summed E-state index contributed by atoms with van der Waals surface area (Å²) in [5.74, 6) is 0.0376. The van der Waals surface area contributed by atoms with Crippen molar-refractivity contribution in [2.24, 2.45) is 5.92 Å². The predicted molar refractivity (Wildman–Crippen MR) is 76.9 cm³/mol. The monoisotopic (exact) mass is 284 g/mol. The van der Waals surface area contributed by atoms with Crippen molar-refractivity contribution in [1.82, 2.24) is 0 Å². The standard InChI is InChI=1S/C16H22ClFO/c17-15-11-14(18)9-8-13(15)10-16(19)12-6-4-2-1-3-5-7-12/h8-9,11-12,16,19H,1-7,10H2. The summed E-state index contributed by atoms with van der Waals surface area (Å²) in [5, 5.41) is 10.8. The SMILES string of the molecule is OC(Cc1ccc(F)cc1Cl)C1CCCCCCC1. The molecule has 19 heavy (non-hydrogen) atoms. The zero-order valence-corrected chi connectivity index (χ0v) is 12.0. The minimum absolute atomic E-state index is 0.325. The van der Waals surface area contributed by atoms with Gasteiger partial charge in [-0.25, -0.2) is 4.39 Å². The van der Waals surface area contributed by atoms with E-state index in [1.54, 1.807) is 6.07 Å². The Bertz CT molecular complexity index is 400. The summed E-state index contributed by atoms with van der Waals surface area (Å²) in [5.41, 5.74) is 0.845. The molecular weight excluding hydrogens is 263 g/mol. The number of halogens is 2. The van der Waals surface area contributed by atoms with Gasteiger partial charge in [-0.3, -0.25) is 0 Å². The molecule has 1 aliphatic rings. The Hall–Kier alpha value is -0.600. The predicted octanol–water partition coefficient (Wildman–Crippen LogP) is 4.74. The van der Waals surface area contributed by atoms with Gasteiger partial charge in [-0.05, 0) is 36.5 Å². The minimum Gasteiger partial charge on any atom is -0.392 e. The van der Waals surface area contributed by atoms with Crippen molar-refractivity contribution in [3.63, 3.8) is 0 Å². The third-order valence-electron chi connectivity index (χ3n) is 4.14. The maximum Gasteiger partial charge on any atom is 0.124 e. The number of hydrogen-bond donors (Lipinski definition) is 1. The smallest absolute Gasteiger partial charge is 0.124 e. The van der Waals surface area contributed by atoms with Crippen molar-refractivity contribution in [2.75, 3.05) is 0 Å². The van der Waals surface area contributed by atoms with Crippen LogP contribution in [0, 0.1) is 11.7 Å². The summed E-state index contributed by atoms with van der Waals surface area (Å²) in [6, 6.07) is 4.41.